The molecule has 0 spiro atoms. The number of nitrogens with zero attached hydrogens (tertiary/aromatic N) is 1. The van der Waals surface area contributed by atoms with E-state index in [0.29, 0.717) is 31.1 Å². The van der Waals surface area contributed by atoms with Crippen molar-refractivity contribution < 1.29 is 24.2 Å². The summed E-state index contributed by atoms with van der Waals surface area (Å²) < 4.78 is 12.4. The maximum absolute atomic E-state index is 12.8. The van der Waals surface area contributed by atoms with Gasteiger partial charge in [0.1, 0.15) is 12.2 Å². The Hall–Kier alpha value is -2.65. The van der Waals surface area contributed by atoms with E-state index in [1.807, 2.05) is 42.3 Å². The average molecular weight is 518 g/mol. The number of aryl methyl sites for hydroxylation is 1. The van der Waals surface area contributed by atoms with E-state index in [9.17, 15) is 9.59 Å². The quantitative estimate of drug-likeness (QED) is 0.366. The van der Waals surface area contributed by atoms with Crippen LogP contribution in [0.4, 0.5) is 4.79 Å². The predicted octanol–water partition coefficient (Wildman–Crippen LogP) is 4.12. The number of benzene rings is 2. The monoisotopic (exact) mass is 517 g/mol. The van der Waals surface area contributed by atoms with Crippen LogP contribution in [0, 0.1) is 0 Å². The first-order chi connectivity index (χ1) is 17.4. The third-order valence-corrected chi connectivity index (χ3v) is 6.57. The number of morpholine rings is 1. The van der Waals surface area contributed by atoms with Crippen molar-refractivity contribution in [2.24, 2.45) is 0 Å². The van der Waals surface area contributed by atoms with Crippen molar-refractivity contribution in [1.29, 1.82) is 0 Å². The van der Waals surface area contributed by atoms with Gasteiger partial charge in [-0.1, -0.05) is 54.9 Å². The summed E-state index contributed by atoms with van der Waals surface area (Å²) in [6.45, 7) is 4.48. The minimum absolute atomic E-state index is 0.0896. The highest BCUT2D eigenvalue weighted by Crippen LogP contribution is 2.39. The van der Waals surface area contributed by atoms with Crippen LogP contribution in [0.15, 0.2) is 42.5 Å². The lowest BCUT2D eigenvalue weighted by molar-refractivity contribution is -0.148. The van der Waals surface area contributed by atoms with Crippen molar-refractivity contribution in [1.82, 2.24) is 15.5 Å². The minimum Gasteiger partial charge on any atom is -0.465 e. The van der Waals surface area contributed by atoms with Gasteiger partial charge in [-0.25, -0.2) is 4.79 Å². The molecule has 0 saturated carbocycles. The Kier molecular flexibility index (Phi) is 11.0. The average Bonchev–Trinajstić information content (AvgIpc) is 2.88. The first-order valence-electron chi connectivity index (χ1n) is 12.4. The molecule has 2 aromatic carbocycles. The van der Waals surface area contributed by atoms with Crippen molar-refractivity contribution in [3.63, 3.8) is 0 Å². The maximum atomic E-state index is 12.8. The van der Waals surface area contributed by atoms with Crippen molar-refractivity contribution in [2.45, 2.75) is 38.4 Å². The zero-order valence-electron chi connectivity index (χ0n) is 21.0. The van der Waals surface area contributed by atoms with Gasteiger partial charge in [0.15, 0.2) is 0 Å². The molecule has 3 N–H and O–H groups in total. The topological polar surface area (TPSA) is 100 Å². The van der Waals surface area contributed by atoms with E-state index in [0.717, 1.165) is 36.1 Å². The molecule has 0 bridgehead atoms. The molecular weight excluding hydrogens is 482 g/mol. The van der Waals surface area contributed by atoms with Crippen LogP contribution in [0.25, 0.3) is 11.1 Å². The van der Waals surface area contributed by atoms with Crippen LogP contribution in [0.3, 0.4) is 0 Å². The second kappa shape index (κ2) is 14.2. The van der Waals surface area contributed by atoms with Crippen LogP contribution in [0.2, 0.25) is 5.02 Å². The van der Waals surface area contributed by atoms with Gasteiger partial charge in [0.2, 0.25) is 5.91 Å². The lowest BCUT2D eigenvalue weighted by atomic mass is 9.92. The summed E-state index contributed by atoms with van der Waals surface area (Å²) in [5, 5.41) is 15.0. The third-order valence-electron chi connectivity index (χ3n) is 6.25. The lowest BCUT2D eigenvalue weighted by Crippen LogP contribution is -2.48. The van der Waals surface area contributed by atoms with E-state index in [4.69, 9.17) is 26.2 Å². The molecule has 2 atom stereocenters. The van der Waals surface area contributed by atoms with Gasteiger partial charge in [-0.3, -0.25) is 4.79 Å². The van der Waals surface area contributed by atoms with Gasteiger partial charge in [0, 0.05) is 36.6 Å². The lowest BCUT2D eigenvalue weighted by Gasteiger charge is -2.38. The van der Waals surface area contributed by atoms with Crippen LogP contribution in [0.5, 0.6) is 0 Å². The molecule has 8 nitrogen and oxygen atoms in total. The molecule has 1 aliphatic heterocycles. The molecule has 3 rings (SSSR count). The minimum atomic E-state index is -1.11. The summed E-state index contributed by atoms with van der Waals surface area (Å²) in [6, 6.07) is 13.9. The van der Waals surface area contributed by atoms with Crippen molar-refractivity contribution in [3.8, 4) is 11.1 Å². The summed E-state index contributed by atoms with van der Waals surface area (Å²) in [5.41, 5.74) is 3.86. The van der Waals surface area contributed by atoms with E-state index >= 15 is 0 Å². The number of nitrogens with one attached hydrogen (secondary N) is 2. The van der Waals surface area contributed by atoms with Crippen LogP contribution in [-0.4, -0.2) is 74.6 Å². The molecule has 196 valence electrons. The number of carbonyl (C=O) groups excluding carboxylic acids is 1. The Labute approximate surface area is 217 Å². The number of carbonyl (C=O) groups is 2. The molecule has 1 saturated heterocycles. The molecule has 0 aliphatic carbocycles. The molecule has 2 unspecified atom stereocenters. The van der Waals surface area contributed by atoms with E-state index in [2.05, 4.69) is 29.7 Å². The van der Waals surface area contributed by atoms with E-state index in [-0.39, 0.29) is 19.1 Å². The standard InChI is InChI=1S/C27H36ClN3O5/c1-3-19-7-4-8-20(17-19)25-21(9-5-10-22(25)28)26(36-15-13-30-27(33)34)23-18-31(14-16-35-23)24(32)11-6-12-29-2/h4-5,7-10,17,23,26,29-30H,3,6,11-16,18H2,1-2H3,(H,33,34). The van der Waals surface area contributed by atoms with Gasteiger partial charge in [0.25, 0.3) is 0 Å². The van der Waals surface area contributed by atoms with Gasteiger partial charge in [-0.2, -0.15) is 0 Å². The Morgan fingerprint density at radius 1 is 1.25 bits per heavy atom. The largest absolute Gasteiger partial charge is 0.465 e. The van der Waals surface area contributed by atoms with E-state index < -0.39 is 18.3 Å². The summed E-state index contributed by atoms with van der Waals surface area (Å²) in [6.07, 6.45) is 0.0429. The molecule has 2 aromatic rings. The zero-order chi connectivity index (χ0) is 25.9. The highest BCUT2D eigenvalue weighted by atomic mass is 35.5. The molecule has 2 amide bonds. The van der Waals surface area contributed by atoms with E-state index in [1.165, 1.54) is 5.56 Å². The van der Waals surface area contributed by atoms with Crippen molar-refractivity contribution >= 4 is 23.6 Å². The fourth-order valence-electron chi connectivity index (χ4n) is 4.43. The zero-order valence-corrected chi connectivity index (χ0v) is 21.7. The van der Waals surface area contributed by atoms with Gasteiger partial charge in [-0.15, -0.1) is 0 Å². The Morgan fingerprint density at radius 2 is 2.06 bits per heavy atom. The number of hydrogen-bond acceptors (Lipinski definition) is 5. The SMILES string of the molecule is CCc1cccc(-c2c(Cl)cccc2C(OCCNC(=O)O)C2CN(C(=O)CCCNC)CCO2)c1. The normalized spacial score (nSPS) is 16.5. The van der Waals surface area contributed by atoms with Gasteiger partial charge in [0.05, 0.1) is 13.2 Å². The number of ether oxygens (including phenoxy) is 2. The molecule has 1 fully saturated rings. The molecule has 1 heterocycles. The van der Waals surface area contributed by atoms with Crippen molar-refractivity contribution in [3.05, 3.63) is 58.6 Å². The molecule has 1 aliphatic rings. The number of rotatable bonds is 12. The predicted molar refractivity (Wildman–Crippen MR) is 140 cm³/mol. The molecule has 9 heteroatoms. The number of amides is 2. The first-order valence-corrected chi connectivity index (χ1v) is 12.8. The molecule has 0 aromatic heterocycles. The maximum Gasteiger partial charge on any atom is 0.404 e. The summed E-state index contributed by atoms with van der Waals surface area (Å²) in [7, 11) is 1.87. The number of hydrogen-bond donors (Lipinski definition) is 3. The fraction of sp³-hybridized carbons (Fsp3) is 0.481. The summed E-state index contributed by atoms with van der Waals surface area (Å²) >= 11 is 6.74. The molecule has 36 heavy (non-hydrogen) atoms. The summed E-state index contributed by atoms with van der Waals surface area (Å²) in [5.74, 6) is 0.0896. The van der Waals surface area contributed by atoms with Crippen LogP contribution >= 0.6 is 11.6 Å². The third kappa shape index (κ3) is 7.67. The fourth-order valence-corrected chi connectivity index (χ4v) is 4.72. The van der Waals surface area contributed by atoms with Crippen LogP contribution < -0.4 is 10.6 Å². The van der Waals surface area contributed by atoms with Crippen molar-refractivity contribution in [2.75, 3.05) is 46.4 Å². The van der Waals surface area contributed by atoms with Crippen LogP contribution in [0.1, 0.15) is 37.0 Å². The number of halogens is 1. The highest BCUT2D eigenvalue weighted by molar-refractivity contribution is 6.33. The Morgan fingerprint density at radius 3 is 2.81 bits per heavy atom. The summed E-state index contributed by atoms with van der Waals surface area (Å²) in [4.78, 5) is 25.6. The first kappa shape index (κ1) is 27.9. The second-order valence-corrected chi connectivity index (χ2v) is 9.14. The van der Waals surface area contributed by atoms with Crippen LogP contribution in [-0.2, 0) is 20.7 Å². The van der Waals surface area contributed by atoms with Gasteiger partial charge >= 0.3 is 6.09 Å². The highest BCUT2D eigenvalue weighted by Gasteiger charge is 2.33. The Bertz CT molecular complexity index is 1020. The number of carboxylic acid groups (broad SMARTS) is 1. The van der Waals surface area contributed by atoms with E-state index in [1.54, 1.807) is 0 Å². The second-order valence-electron chi connectivity index (χ2n) is 8.74. The molecule has 0 radical (unpaired) electrons. The van der Waals surface area contributed by atoms with Gasteiger partial charge < -0.3 is 30.1 Å². The Balaban J connectivity index is 1.91. The molecular formula is C27H36ClN3O5. The van der Waals surface area contributed by atoms with Gasteiger partial charge in [-0.05, 0) is 49.2 Å². The smallest absolute Gasteiger partial charge is 0.404 e.